The van der Waals surface area contributed by atoms with Crippen LogP contribution in [0.1, 0.15) is 24.1 Å². The first-order valence-electron chi connectivity index (χ1n) is 8.53. The number of aliphatic carboxylic acids is 1. The number of hydrogen-bond acceptors (Lipinski definition) is 8. The lowest BCUT2D eigenvalue weighted by atomic mass is 10.0. The molecule has 0 spiro atoms. The summed E-state index contributed by atoms with van der Waals surface area (Å²) in [5.74, 6) is -1.93. The molecule has 0 aliphatic carbocycles. The smallest absolute Gasteiger partial charge is 0.344 e. The van der Waals surface area contributed by atoms with Gasteiger partial charge in [-0.3, -0.25) is 0 Å². The van der Waals surface area contributed by atoms with Crippen molar-refractivity contribution >= 4 is 29.2 Å². The molecule has 9 heteroatoms. The van der Waals surface area contributed by atoms with Gasteiger partial charge in [-0.1, -0.05) is 11.6 Å². The molecule has 0 saturated heterocycles. The lowest BCUT2D eigenvalue weighted by Crippen LogP contribution is -2.34. The molecule has 0 aliphatic heterocycles. The van der Waals surface area contributed by atoms with E-state index >= 15 is 0 Å². The van der Waals surface area contributed by atoms with Crippen molar-refractivity contribution < 1.29 is 28.9 Å². The maximum atomic E-state index is 11.9. The predicted molar refractivity (Wildman–Crippen MR) is 103 cm³/mol. The SMILES string of the molecule is CCOC(=O)COc1c(OC)cc(Cl)cc1C(Nc1ccc(C#N)cc1)C(=O)[O-]. The van der Waals surface area contributed by atoms with E-state index in [0.29, 0.717) is 11.3 Å². The van der Waals surface area contributed by atoms with Crippen molar-refractivity contribution in [1.29, 1.82) is 5.26 Å². The molecule has 152 valence electrons. The molecule has 0 bridgehead atoms. The van der Waals surface area contributed by atoms with E-state index < -0.39 is 24.6 Å². The Morgan fingerprint density at radius 1 is 1.28 bits per heavy atom. The van der Waals surface area contributed by atoms with Crippen LogP contribution in [0, 0.1) is 11.3 Å². The number of carbonyl (C=O) groups excluding carboxylic acids is 2. The first kappa shape index (κ1) is 21.9. The van der Waals surface area contributed by atoms with Gasteiger partial charge in [0.15, 0.2) is 18.1 Å². The number of esters is 1. The van der Waals surface area contributed by atoms with E-state index in [1.807, 2.05) is 6.07 Å². The van der Waals surface area contributed by atoms with Crippen LogP contribution in [-0.4, -0.2) is 32.3 Å². The fraction of sp³-hybridized carbons (Fsp3) is 0.250. The summed E-state index contributed by atoms with van der Waals surface area (Å²) in [6.07, 6.45) is 0. The van der Waals surface area contributed by atoms with E-state index in [0.717, 1.165) is 0 Å². The average Bonchev–Trinajstić information content (AvgIpc) is 2.70. The van der Waals surface area contributed by atoms with Crippen LogP contribution in [0.25, 0.3) is 0 Å². The Morgan fingerprint density at radius 3 is 2.52 bits per heavy atom. The minimum absolute atomic E-state index is 0.0142. The van der Waals surface area contributed by atoms with Gasteiger partial charge in [-0.2, -0.15) is 5.26 Å². The number of nitrogens with one attached hydrogen (secondary N) is 1. The Hall–Kier alpha value is -3.44. The number of carboxylic acids is 1. The van der Waals surface area contributed by atoms with Gasteiger partial charge in [-0.15, -0.1) is 0 Å². The Labute approximate surface area is 172 Å². The first-order valence-corrected chi connectivity index (χ1v) is 8.90. The highest BCUT2D eigenvalue weighted by molar-refractivity contribution is 6.30. The van der Waals surface area contributed by atoms with E-state index in [-0.39, 0.29) is 28.7 Å². The zero-order chi connectivity index (χ0) is 21.4. The standard InChI is InChI=1S/C20H19ClN2O6/c1-3-28-17(24)11-29-19-15(8-13(21)9-16(19)27-2)18(20(25)26)23-14-6-4-12(10-22)5-7-14/h4-9,18,23H,3,11H2,1-2H3,(H,25,26)/p-1. The monoisotopic (exact) mass is 417 g/mol. The van der Waals surface area contributed by atoms with Gasteiger partial charge in [0.05, 0.1) is 37.4 Å². The third-order valence-corrected chi connectivity index (χ3v) is 4.00. The van der Waals surface area contributed by atoms with Crippen molar-refractivity contribution in [1.82, 2.24) is 0 Å². The van der Waals surface area contributed by atoms with Crippen molar-refractivity contribution in [2.45, 2.75) is 13.0 Å². The molecule has 0 saturated carbocycles. The Balaban J connectivity index is 2.42. The number of hydrogen-bond donors (Lipinski definition) is 1. The summed E-state index contributed by atoms with van der Waals surface area (Å²) in [4.78, 5) is 23.5. The molecule has 2 rings (SSSR count). The number of anilines is 1. The topological polar surface area (TPSA) is 121 Å². The number of carbonyl (C=O) groups is 2. The van der Waals surface area contributed by atoms with Crippen LogP contribution < -0.4 is 19.9 Å². The number of methoxy groups -OCH3 is 1. The second kappa shape index (κ2) is 10.2. The van der Waals surface area contributed by atoms with E-state index in [2.05, 4.69) is 5.32 Å². The summed E-state index contributed by atoms with van der Waals surface area (Å²) < 4.78 is 15.6. The van der Waals surface area contributed by atoms with Crippen LogP contribution in [-0.2, 0) is 14.3 Å². The zero-order valence-corrected chi connectivity index (χ0v) is 16.5. The lowest BCUT2D eigenvalue weighted by molar-refractivity contribution is -0.307. The molecule has 1 atom stereocenters. The fourth-order valence-electron chi connectivity index (χ4n) is 2.51. The summed E-state index contributed by atoms with van der Waals surface area (Å²) in [7, 11) is 1.36. The quantitative estimate of drug-likeness (QED) is 0.615. The number of benzene rings is 2. The Kier molecular flexibility index (Phi) is 7.69. The van der Waals surface area contributed by atoms with Gasteiger partial charge in [0, 0.05) is 22.3 Å². The number of nitriles is 1. The van der Waals surface area contributed by atoms with Crippen molar-refractivity contribution in [3.05, 3.63) is 52.5 Å². The lowest BCUT2D eigenvalue weighted by Gasteiger charge is -2.25. The highest BCUT2D eigenvalue weighted by Gasteiger charge is 2.23. The molecule has 1 unspecified atom stereocenters. The zero-order valence-electron chi connectivity index (χ0n) is 15.7. The second-order valence-corrected chi connectivity index (χ2v) is 6.14. The largest absolute Gasteiger partial charge is 0.548 e. The third-order valence-electron chi connectivity index (χ3n) is 3.78. The fourth-order valence-corrected chi connectivity index (χ4v) is 2.73. The molecular weight excluding hydrogens is 400 g/mol. The van der Waals surface area contributed by atoms with Crippen molar-refractivity contribution in [2.75, 3.05) is 25.6 Å². The highest BCUT2D eigenvalue weighted by Crippen LogP contribution is 2.39. The molecule has 0 aliphatic rings. The molecular formula is C20H18ClN2O6-. The molecule has 2 aromatic rings. The first-order chi connectivity index (χ1) is 13.9. The Morgan fingerprint density at radius 2 is 1.97 bits per heavy atom. The number of carboxylic acid groups (broad SMARTS) is 1. The molecule has 29 heavy (non-hydrogen) atoms. The molecule has 2 aromatic carbocycles. The molecule has 0 amide bonds. The summed E-state index contributed by atoms with van der Waals surface area (Å²) in [6, 6.07) is 9.57. The number of halogens is 1. The number of rotatable bonds is 9. The van der Waals surface area contributed by atoms with Gasteiger partial charge >= 0.3 is 5.97 Å². The van der Waals surface area contributed by atoms with Gasteiger partial charge in [0.25, 0.3) is 0 Å². The van der Waals surface area contributed by atoms with E-state index in [1.165, 1.54) is 31.4 Å². The van der Waals surface area contributed by atoms with E-state index in [4.69, 9.17) is 31.1 Å². The maximum Gasteiger partial charge on any atom is 0.344 e. The molecule has 0 heterocycles. The summed E-state index contributed by atoms with van der Waals surface area (Å²) >= 11 is 6.10. The second-order valence-electron chi connectivity index (χ2n) is 5.71. The minimum Gasteiger partial charge on any atom is -0.548 e. The Bertz CT molecular complexity index is 924. The van der Waals surface area contributed by atoms with Crippen LogP contribution in [0.2, 0.25) is 5.02 Å². The van der Waals surface area contributed by atoms with Crippen molar-refractivity contribution in [3.8, 4) is 17.6 Å². The van der Waals surface area contributed by atoms with Crippen LogP contribution in [0.15, 0.2) is 36.4 Å². The van der Waals surface area contributed by atoms with Gasteiger partial charge in [0.1, 0.15) is 0 Å². The number of ether oxygens (including phenoxy) is 3. The van der Waals surface area contributed by atoms with Crippen LogP contribution >= 0.6 is 11.6 Å². The maximum absolute atomic E-state index is 11.9. The molecule has 0 radical (unpaired) electrons. The average molecular weight is 418 g/mol. The highest BCUT2D eigenvalue weighted by atomic mass is 35.5. The van der Waals surface area contributed by atoms with Gasteiger partial charge in [-0.25, -0.2) is 4.79 Å². The van der Waals surface area contributed by atoms with Gasteiger partial charge < -0.3 is 29.4 Å². The summed E-state index contributed by atoms with van der Waals surface area (Å²) in [6.45, 7) is 1.38. The van der Waals surface area contributed by atoms with Crippen molar-refractivity contribution in [2.24, 2.45) is 0 Å². The molecule has 8 nitrogen and oxygen atoms in total. The van der Waals surface area contributed by atoms with E-state index in [9.17, 15) is 14.7 Å². The van der Waals surface area contributed by atoms with Gasteiger partial charge in [0.2, 0.25) is 0 Å². The predicted octanol–water partition coefficient (Wildman–Crippen LogP) is 2.07. The summed E-state index contributed by atoms with van der Waals surface area (Å²) in [5.41, 5.74) is 0.944. The van der Waals surface area contributed by atoms with Crippen LogP contribution in [0.3, 0.4) is 0 Å². The number of nitrogens with zero attached hydrogens (tertiary/aromatic N) is 1. The van der Waals surface area contributed by atoms with Gasteiger partial charge in [-0.05, 0) is 37.3 Å². The van der Waals surface area contributed by atoms with Crippen LogP contribution in [0.4, 0.5) is 5.69 Å². The summed E-state index contributed by atoms with van der Waals surface area (Å²) in [5, 5.41) is 23.8. The molecule has 1 N–H and O–H groups in total. The van der Waals surface area contributed by atoms with Crippen LogP contribution in [0.5, 0.6) is 11.5 Å². The molecule has 0 aromatic heterocycles. The molecule has 0 fully saturated rings. The van der Waals surface area contributed by atoms with Crippen molar-refractivity contribution in [3.63, 3.8) is 0 Å². The van der Waals surface area contributed by atoms with E-state index in [1.54, 1.807) is 19.1 Å². The third kappa shape index (κ3) is 5.77. The minimum atomic E-state index is -1.46. The normalized spacial score (nSPS) is 11.1.